The van der Waals surface area contributed by atoms with Crippen LogP contribution in [0.4, 0.5) is 11.4 Å². The fourth-order valence-electron chi connectivity index (χ4n) is 1.55. The highest BCUT2D eigenvalue weighted by atomic mass is 35.5. The number of hydrogen-bond donors (Lipinski definition) is 1. The number of amides is 1. The average Bonchev–Trinajstić information content (AvgIpc) is 2.35. The van der Waals surface area contributed by atoms with Crippen LogP contribution in [0, 0.1) is 10.1 Å². The Kier molecular flexibility index (Phi) is 4.72. The molecule has 0 bridgehead atoms. The van der Waals surface area contributed by atoms with Gasteiger partial charge in [0.1, 0.15) is 5.69 Å². The molecular formula is C12H16ClN3O3. The summed E-state index contributed by atoms with van der Waals surface area (Å²) in [6, 6.07) is 2.66. The van der Waals surface area contributed by atoms with Crippen molar-refractivity contribution < 1.29 is 9.72 Å². The van der Waals surface area contributed by atoms with Crippen LogP contribution < -0.4 is 5.32 Å². The lowest BCUT2D eigenvalue weighted by molar-refractivity contribution is -0.384. The second kappa shape index (κ2) is 5.88. The minimum Gasteiger partial charge on any atom is -0.381 e. The lowest BCUT2D eigenvalue weighted by Crippen LogP contribution is -2.33. The molecule has 0 heterocycles. The molecule has 0 aliphatic carbocycles. The summed E-state index contributed by atoms with van der Waals surface area (Å²) < 4.78 is 0. The molecule has 1 rings (SSSR count). The lowest BCUT2D eigenvalue weighted by atomic mass is 10.1. The maximum Gasteiger partial charge on any atom is 0.294 e. The Morgan fingerprint density at radius 3 is 2.47 bits per heavy atom. The molecule has 19 heavy (non-hydrogen) atoms. The van der Waals surface area contributed by atoms with Crippen LogP contribution in [0.2, 0.25) is 5.02 Å². The van der Waals surface area contributed by atoms with Crippen LogP contribution in [0.25, 0.3) is 0 Å². The third-order valence-corrected chi connectivity index (χ3v) is 3.16. The second-order valence-electron chi connectivity index (χ2n) is 4.37. The van der Waals surface area contributed by atoms with Gasteiger partial charge in [-0.1, -0.05) is 11.6 Å². The largest absolute Gasteiger partial charge is 0.381 e. The smallest absolute Gasteiger partial charge is 0.294 e. The van der Waals surface area contributed by atoms with Gasteiger partial charge >= 0.3 is 0 Å². The Morgan fingerprint density at radius 1 is 1.47 bits per heavy atom. The average molecular weight is 286 g/mol. The molecule has 1 amide bonds. The first kappa shape index (κ1) is 15.2. The Labute approximate surface area is 116 Å². The molecule has 7 heteroatoms. The number of rotatable bonds is 4. The molecule has 0 fully saturated rings. The quantitative estimate of drug-likeness (QED) is 0.682. The molecule has 0 aromatic heterocycles. The highest BCUT2D eigenvalue weighted by Crippen LogP contribution is 2.33. The van der Waals surface area contributed by atoms with Crippen molar-refractivity contribution in [2.24, 2.45) is 0 Å². The number of nitro benzene ring substituents is 1. The third kappa shape index (κ3) is 3.14. The lowest BCUT2D eigenvalue weighted by Gasteiger charge is -2.21. The number of carbonyl (C=O) groups is 1. The number of nitrogens with zero attached hydrogens (tertiary/aromatic N) is 2. The fraction of sp³-hybridized carbons (Fsp3) is 0.417. The van der Waals surface area contributed by atoms with E-state index in [0.29, 0.717) is 0 Å². The molecular weight excluding hydrogens is 270 g/mol. The number of benzene rings is 1. The number of carbonyl (C=O) groups excluding carboxylic acids is 1. The minimum atomic E-state index is -0.566. The van der Waals surface area contributed by atoms with E-state index in [1.165, 1.54) is 24.1 Å². The van der Waals surface area contributed by atoms with Gasteiger partial charge in [-0.3, -0.25) is 14.9 Å². The molecule has 0 spiro atoms. The molecule has 1 aromatic carbocycles. The third-order valence-electron chi connectivity index (χ3n) is 2.86. The Morgan fingerprint density at radius 2 is 2.05 bits per heavy atom. The maximum atomic E-state index is 12.1. The van der Waals surface area contributed by atoms with Crippen molar-refractivity contribution in [1.82, 2.24) is 4.90 Å². The van der Waals surface area contributed by atoms with Gasteiger partial charge in [-0.2, -0.15) is 0 Å². The van der Waals surface area contributed by atoms with Crippen molar-refractivity contribution in [2.75, 3.05) is 19.4 Å². The van der Waals surface area contributed by atoms with Crippen LogP contribution in [0.3, 0.4) is 0 Å². The van der Waals surface area contributed by atoms with Gasteiger partial charge in [0, 0.05) is 31.8 Å². The predicted octanol–water partition coefficient (Wildman–Crippen LogP) is 2.77. The topological polar surface area (TPSA) is 75.5 Å². The molecule has 0 saturated carbocycles. The molecule has 0 saturated heterocycles. The molecule has 0 unspecified atom stereocenters. The summed E-state index contributed by atoms with van der Waals surface area (Å²) >= 11 is 5.97. The van der Waals surface area contributed by atoms with Crippen molar-refractivity contribution in [3.8, 4) is 0 Å². The van der Waals surface area contributed by atoms with E-state index >= 15 is 0 Å². The van der Waals surface area contributed by atoms with E-state index in [9.17, 15) is 14.9 Å². The first-order chi connectivity index (χ1) is 8.79. The van der Waals surface area contributed by atoms with Crippen molar-refractivity contribution in [3.05, 3.63) is 32.8 Å². The fourth-order valence-corrected chi connectivity index (χ4v) is 1.85. The first-order valence-electron chi connectivity index (χ1n) is 5.72. The van der Waals surface area contributed by atoms with Gasteiger partial charge in [0.15, 0.2) is 0 Å². The van der Waals surface area contributed by atoms with Gasteiger partial charge in [0.2, 0.25) is 0 Å². The highest BCUT2D eigenvalue weighted by molar-refractivity contribution is 6.34. The normalized spacial score (nSPS) is 10.4. The van der Waals surface area contributed by atoms with Gasteiger partial charge in [-0.05, 0) is 19.9 Å². The molecule has 1 aromatic rings. The highest BCUT2D eigenvalue weighted by Gasteiger charge is 2.23. The van der Waals surface area contributed by atoms with Gasteiger partial charge in [0.05, 0.1) is 9.95 Å². The Balaban J connectivity index is 3.32. The van der Waals surface area contributed by atoms with Gasteiger partial charge in [-0.25, -0.2) is 0 Å². The zero-order chi connectivity index (χ0) is 14.7. The maximum absolute atomic E-state index is 12.1. The van der Waals surface area contributed by atoms with Gasteiger partial charge in [0.25, 0.3) is 11.6 Å². The zero-order valence-corrected chi connectivity index (χ0v) is 12.0. The zero-order valence-electron chi connectivity index (χ0n) is 11.2. The summed E-state index contributed by atoms with van der Waals surface area (Å²) in [6.45, 7) is 3.71. The molecule has 0 radical (unpaired) electrons. The monoisotopic (exact) mass is 285 g/mol. The summed E-state index contributed by atoms with van der Waals surface area (Å²) in [4.78, 5) is 24.1. The van der Waals surface area contributed by atoms with E-state index in [1.807, 2.05) is 13.8 Å². The summed E-state index contributed by atoms with van der Waals surface area (Å²) in [5, 5.41) is 13.8. The van der Waals surface area contributed by atoms with E-state index < -0.39 is 4.92 Å². The number of nitrogens with one attached hydrogen (secondary N) is 1. The Hall–Kier alpha value is -1.82. The van der Waals surface area contributed by atoms with Crippen molar-refractivity contribution in [1.29, 1.82) is 0 Å². The van der Waals surface area contributed by atoms with Crippen LogP contribution in [0.1, 0.15) is 24.2 Å². The number of halogens is 1. The van der Waals surface area contributed by atoms with Gasteiger partial charge < -0.3 is 10.2 Å². The summed E-state index contributed by atoms with van der Waals surface area (Å²) in [5.41, 5.74) is 0.192. The van der Waals surface area contributed by atoms with Crippen molar-refractivity contribution >= 4 is 28.9 Å². The number of anilines is 1. The van der Waals surface area contributed by atoms with Crippen molar-refractivity contribution in [3.63, 3.8) is 0 Å². The SMILES string of the molecule is CNc1c(Cl)cc(C(=O)N(C)C(C)C)cc1[N+](=O)[O-]. The number of nitro groups is 1. The molecule has 0 aliphatic rings. The Bertz CT molecular complexity index is 517. The van der Waals surface area contributed by atoms with E-state index in [2.05, 4.69) is 5.32 Å². The van der Waals surface area contributed by atoms with E-state index in [0.717, 1.165) is 0 Å². The van der Waals surface area contributed by atoms with Crippen molar-refractivity contribution in [2.45, 2.75) is 19.9 Å². The van der Waals surface area contributed by atoms with Crippen LogP contribution in [-0.2, 0) is 0 Å². The second-order valence-corrected chi connectivity index (χ2v) is 4.78. The summed E-state index contributed by atoms with van der Waals surface area (Å²) in [6.07, 6.45) is 0. The van der Waals surface area contributed by atoms with Crippen LogP contribution >= 0.6 is 11.6 Å². The molecule has 0 aliphatic heterocycles. The van der Waals surface area contributed by atoms with E-state index in [-0.39, 0.29) is 33.9 Å². The molecule has 0 atom stereocenters. The molecule has 1 N–H and O–H groups in total. The first-order valence-corrected chi connectivity index (χ1v) is 6.10. The van der Waals surface area contributed by atoms with E-state index in [4.69, 9.17) is 11.6 Å². The van der Waals surface area contributed by atoms with Gasteiger partial charge in [-0.15, -0.1) is 0 Å². The molecule has 104 valence electrons. The summed E-state index contributed by atoms with van der Waals surface area (Å²) in [7, 11) is 3.18. The minimum absolute atomic E-state index is 0.00527. The van der Waals surface area contributed by atoms with Crippen LogP contribution in [0.5, 0.6) is 0 Å². The van der Waals surface area contributed by atoms with E-state index in [1.54, 1.807) is 7.05 Å². The van der Waals surface area contributed by atoms with Crippen LogP contribution in [0.15, 0.2) is 12.1 Å². The standard InChI is InChI=1S/C12H16ClN3O3/c1-7(2)15(4)12(17)8-5-9(13)11(14-3)10(6-8)16(18)19/h5-7,14H,1-4H3. The molecule has 6 nitrogen and oxygen atoms in total. The summed E-state index contributed by atoms with van der Waals surface area (Å²) in [5.74, 6) is -0.303. The number of hydrogen-bond acceptors (Lipinski definition) is 4. The van der Waals surface area contributed by atoms with Crippen LogP contribution in [-0.4, -0.2) is 35.9 Å². The predicted molar refractivity (Wildman–Crippen MR) is 74.9 cm³/mol.